The third-order valence-corrected chi connectivity index (χ3v) is 4.50. The Balaban J connectivity index is 2.38. The Morgan fingerprint density at radius 3 is 2.57 bits per heavy atom. The highest BCUT2D eigenvalue weighted by molar-refractivity contribution is 7.89. The van der Waals surface area contributed by atoms with Crippen LogP contribution in [0.15, 0.2) is 23.1 Å². The zero-order chi connectivity index (χ0) is 15.6. The first kappa shape index (κ1) is 15.6. The molecular weight excluding hydrogens is 298 g/mol. The molecule has 1 aliphatic rings. The molecule has 0 radical (unpaired) electrons. The lowest BCUT2D eigenvalue weighted by Crippen LogP contribution is -2.44. The number of hydrogen-bond donors (Lipinski definition) is 2. The number of benzene rings is 1. The van der Waals surface area contributed by atoms with E-state index in [1.165, 1.54) is 12.1 Å². The lowest BCUT2D eigenvalue weighted by atomic mass is 10.1. The topological polar surface area (TPSA) is 102 Å². The van der Waals surface area contributed by atoms with Gasteiger partial charge in [0.05, 0.1) is 0 Å². The van der Waals surface area contributed by atoms with E-state index in [0.29, 0.717) is 12.4 Å². The van der Waals surface area contributed by atoms with Crippen molar-refractivity contribution in [2.45, 2.75) is 24.8 Å². The molecule has 1 aromatic carbocycles. The predicted octanol–water partition coefficient (Wildman–Crippen LogP) is 0.845. The van der Waals surface area contributed by atoms with E-state index in [-0.39, 0.29) is 17.3 Å². The largest absolute Gasteiger partial charge is 0.486 e. The summed E-state index contributed by atoms with van der Waals surface area (Å²) in [7, 11) is -4.03. The Bertz CT molecular complexity index is 640. The second kappa shape index (κ2) is 5.90. The van der Waals surface area contributed by atoms with Crippen LogP contribution in [0.25, 0.3) is 0 Å². The summed E-state index contributed by atoms with van der Waals surface area (Å²) in [6, 6.07) is 3.27. The molecule has 0 spiro atoms. The molecular formula is C13H17NO6S. The van der Waals surface area contributed by atoms with E-state index in [4.69, 9.17) is 14.6 Å². The van der Waals surface area contributed by atoms with Crippen molar-refractivity contribution in [1.82, 2.24) is 4.72 Å². The average molecular weight is 315 g/mol. The molecule has 2 rings (SSSR count). The minimum atomic E-state index is -4.03. The first-order valence-electron chi connectivity index (χ1n) is 6.46. The number of hydrogen-bond acceptors (Lipinski definition) is 5. The molecule has 0 saturated carbocycles. The summed E-state index contributed by atoms with van der Waals surface area (Å²) in [4.78, 5) is 11.0. The van der Waals surface area contributed by atoms with Crippen LogP contribution in [0, 0.1) is 5.92 Å². The van der Waals surface area contributed by atoms with Crippen molar-refractivity contribution in [3.8, 4) is 11.5 Å². The smallest absolute Gasteiger partial charge is 0.322 e. The van der Waals surface area contributed by atoms with Crippen LogP contribution in [0.1, 0.15) is 13.8 Å². The van der Waals surface area contributed by atoms with Crippen molar-refractivity contribution in [2.75, 3.05) is 13.2 Å². The van der Waals surface area contributed by atoms with Gasteiger partial charge < -0.3 is 14.6 Å². The summed E-state index contributed by atoms with van der Waals surface area (Å²) < 4.78 is 37.7. The molecule has 1 aromatic rings. The minimum Gasteiger partial charge on any atom is -0.486 e. The quantitative estimate of drug-likeness (QED) is 0.835. The van der Waals surface area contributed by atoms with Crippen molar-refractivity contribution in [3.63, 3.8) is 0 Å². The number of carbonyl (C=O) groups is 1. The van der Waals surface area contributed by atoms with Gasteiger partial charge in [-0.3, -0.25) is 4.79 Å². The lowest BCUT2D eigenvalue weighted by molar-refractivity contribution is -0.140. The fraction of sp³-hybridized carbons (Fsp3) is 0.462. The molecule has 116 valence electrons. The van der Waals surface area contributed by atoms with Crippen LogP contribution in [0.2, 0.25) is 0 Å². The van der Waals surface area contributed by atoms with Gasteiger partial charge in [-0.2, -0.15) is 4.72 Å². The van der Waals surface area contributed by atoms with Gasteiger partial charge in [0.25, 0.3) is 0 Å². The molecule has 0 aromatic heterocycles. The van der Waals surface area contributed by atoms with Crippen LogP contribution < -0.4 is 14.2 Å². The van der Waals surface area contributed by atoms with Gasteiger partial charge >= 0.3 is 5.97 Å². The molecule has 0 amide bonds. The third kappa shape index (κ3) is 3.27. The number of rotatable bonds is 5. The number of para-hydroxylation sites is 1. The Morgan fingerprint density at radius 1 is 1.29 bits per heavy atom. The average Bonchev–Trinajstić information content (AvgIpc) is 2.43. The Labute approximate surface area is 122 Å². The van der Waals surface area contributed by atoms with Crippen LogP contribution in [-0.2, 0) is 14.8 Å². The summed E-state index contributed by atoms with van der Waals surface area (Å²) in [5.41, 5.74) is 0. The van der Waals surface area contributed by atoms with Crippen molar-refractivity contribution in [3.05, 3.63) is 18.2 Å². The van der Waals surface area contributed by atoms with Crippen molar-refractivity contribution in [2.24, 2.45) is 5.92 Å². The highest BCUT2D eigenvalue weighted by Crippen LogP contribution is 2.36. The molecule has 8 heteroatoms. The van der Waals surface area contributed by atoms with Crippen LogP contribution in [0.3, 0.4) is 0 Å². The van der Waals surface area contributed by atoms with Gasteiger partial charge in [0.1, 0.15) is 24.2 Å². The molecule has 1 atom stereocenters. The first-order chi connectivity index (χ1) is 9.83. The minimum absolute atomic E-state index is 0.115. The number of sulfonamides is 1. The zero-order valence-corrected chi connectivity index (χ0v) is 12.5. The second-order valence-electron chi connectivity index (χ2n) is 4.96. The fourth-order valence-electron chi connectivity index (χ4n) is 1.96. The van der Waals surface area contributed by atoms with E-state index in [2.05, 4.69) is 4.72 Å². The molecule has 0 aliphatic carbocycles. The molecule has 21 heavy (non-hydrogen) atoms. The Morgan fingerprint density at radius 2 is 1.95 bits per heavy atom. The maximum atomic E-state index is 12.4. The number of aliphatic carboxylic acids is 1. The molecule has 2 N–H and O–H groups in total. The van der Waals surface area contributed by atoms with E-state index in [9.17, 15) is 13.2 Å². The van der Waals surface area contributed by atoms with Gasteiger partial charge in [-0.25, -0.2) is 8.42 Å². The normalized spacial score (nSPS) is 15.8. The van der Waals surface area contributed by atoms with Crippen LogP contribution in [-0.4, -0.2) is 38.7 Å². The predicted molar refractivity (Wildman–Crippen MR) is 74.0 cm³/mol. The highest BCUT2D eigenvalue weighted by atomic mass is 32.2. The number of carboxylic acids is 1. The van der Waals surface area contributed by atoms with Gasteiger partial charge in [-0.1, -0.05) is 19.9 Å². The van der Waals surface area contributed by atoms with Crippen molar-refractivity contribution >= 4 is 16.0 Å². The maximum Gasteiger partial charge on any atom is 0.322 e. The maximum absolute atomic E-state index is 12.4. The summed E-state index contributed by atoms with van der Waals surface area (Å²) in [5, 5.41) is 9.11. The van der Waals surface area contributed by atoms with Crippen molar-refractivity contribution in [1.29, 1.82) is 0 Å². The molecule has 1 heterocycles. The SMILES string of the molecule is CC(C)C(NS(=O)(=O)c1cccc2c1OCCO2)C(=O)O. The standard InChI is InChI=1S/C13H17NO6S/c1-8(2)11(13(15)16)14-21(17,18)10-5-3-4-9-12(10)20-7-6-19-9/h3-5,8,11,14H,6-7H2,1-2H3,(H,15,16). The van der Waals surface area contributed by atoms with Gasteiger partial charge in [-0.15, -0.1) is 0 Å². The van der Waals surface area contributed by atoms with Crippen LogP contribution in [0.5, 0.6) is 11.5 Å². The lowest BCUT2D eigenvalue weighted by Gasteiger charge is -2.22. The van der Waals surface area contributed by atoms with E-state index in [1.807, 2.05) is 0 Å². The van der Waals surface area contributed by atoms with Gasteiger partial charge in [0.15, 0.2) is 11.5 Å². The highest BCUT2D eigenvalue weighted by Gasteiger charge is 2.31. The molecule has 1 unspecified atom stereocenters. The Kier molecular flexibility index (Phi) is 4.38. The zero-order valence-electron chi connectivity index (χ0n) is 11.7. The number of nitrogens with one attached hydrogen (secondary N) is 1. The summed E-state index contributed by atoms with van der Waals surface area (Å²) >= 11 is 0. The summed E-state index contributed by atoms with van der Waals surface area (Å²) in [6.07, 6.45) is 0. The van der Waals surface area contributed by atoms with E-state index < -0.39 is 28.0 Å². The summed E-state index contributed by atoms with van der Waals surface area (Å²) in [5.74, 6) is -1.17. The second-order valence-corrected chi connectivity index (χ2v) is 6.64. The fourth-order valence-corrected chi connectivity index (χ4v) is 3.46. The van der Waals surface area contributed by atoms with Gasteiger partial charge in [0, 0.05) is 0 Å². The van der Waals surface area contributed by atoms with E-state index in [0.717, 1.165) is 0 Å². The third-order valence-electron chi connectivity index (χ3n) is 3.03. The molecule has 1 aliphatic heterocycles. The van der Waals surface area contributed by atoms with Crippen LogP contribution in [0.4, 0.5) is 0 Å². The molecule has 0 bridgehead atoms. The molecule has 7 nitrogen and oxygen atoms in total. The monoisotopic (exact) mass is 315 g/mol. The van der Waals surface area contributed by atoms with Gasteiger partial charge in [0.2, 0.25) is 10.0 Å². The number of ether oxygens (including phenoxy) is 2. The Hall–Kier alpha value is -1.80. The molecule has 0 fully saturated rings. The van der Waals surface area contributed by atoms with E-state index >= 15 is 0 Å². The summed E-state index contributed by atoms with van der Waals surface area (Å²) in [6.45, 7) is 3.84. The number of carboxylic acid groups (broad SMARTS) is 1. The first-order valence-corrected chi connectivity index (χ1v) is 7.95. The van der Waals surface area contributed by atoms with Crippen molar-refractivity contribution < 1.29 is 27.8 Å². The van der Waals surface area contributed by atoms with E-state index in [1.54, 1.807) is 19.9 Å². The van der Waals surface area contributed by atoms with Gasteiger partial charge in [-0.05, 0) is 18.1 Å². The molecule has 0 saturated heterocycles. The van der Waals surface area contributed by atoms with Crippen LogP contribution >= 0.6 is 0 Å². The number of fused-ring (bicyclic) bond motifs is 1.